The van der Waals surface area contributed by atoms with Crippen LogP contribution in [0.15, 0.2) is 4.40 Å². The highest BCUT2D eigenvalue weighted by atomic mass is 32.2. The third-order valence-electron chi connectivity index (χ3n) is 0.979. The maximum Gasteiger partial charge on any atom is 0.349 e. The van der Waals surface area contributed by atoms with Crippen molar-refractivity contribution in [1.29, 1.82) is 0 Å². The lowest BCUT2D eigenvalue weighted by molar-refractivity contribution is -0.132. The van der Waals surface area contributed by atoms with Crippen molar-refractivity contribution in [3.05, 3.63) is 0 Å². The molecular weight excluding hydrogens is 178 g/mol. The molecule has 0 aromatic heterocycles. The molecule has 0 bridgehead atoms. The largest absolute Gasteiger partial charge is 0.465 e. The van der Waals surface area contributed by atoms with E-state index in [1.165, 1.54) is 7.11 Å². The summed E-state index contributed by atoms with van der Waals surface area (Å²) in [4.78, 5) is 10.5. The molecule has 0 saturated heterocycles. The van der Waals surface area contributed by atoms with Gasteiger partial charge in [-0.15, -0.1) is 0 Å². The Balaban J connectivity index is 4.19. The Kier molecular flexibility index (Phi) is 4.09. The summed E-state index contributed by atoms with van der Waals surface area (Å²) in [7, 11) is -0.146. The van der Waals surface area contributed by atoms with Gasteiger partial charge in [0.15, 0.2) is 0 Å². The first kappa shape index (κ1) is 11.3. The van der Waals surface area contributed by atoms with E-state index in [-0.39, 0.29) is 0 Å². The van der Waals surface area contributed by atoms with Crippen molar-refractivity contribution < 1.29 is 13.7 Å². The summed E-state index contributed by atoms with van der Waals surface area (Å²) in [6, 6.07) is 0. The van der Waals surface area contributed by atoms with Crippen LogP contribution in [0.1, 0.15) is 20.8 Å². The number of esters is 1. The fourth-order valence-corrected chi connectivity index (χ4v) is 0.800. The van der Waals surface area contributed by atoms with Crippen molar-refractivity contribution in [3.8, 4) is 0 Å². The van der Waals surface area contributed by atoms with Crippen LogP contribution in [-0.2, 0) is 20.5 Å². The fraction of sp³-hybridized carbons (Fsp3) is 0.714. The molecule has 0 spiro atoms. The normalized spacial score (nSPS) is 14.7. The lowest BCUT2D eigenvalue weighted by atomic mass is 10.3. The molecule has 0 rings (SSSR count). The van der Waals surface area contributed by atoms with Gasteiger partial charge in [0.2, 0.25) is 0 Å². The second kappa shape index (κ2) is 4.35. The summed E-state index contributed by atoms with van der Waals surface area (Å²) in [5.41, 5.74) is 0. The van der Waals surface area contributed by atoms with Gasteiger partial charge in [0, 0.05) is 0 Å². The van der Waals surface area contributed by atoms with E-state index < -0.39 is 21.7 Å². The zero-order valence-corrected chi connectivity index (χ0v) is 8.47. The smallest absolute Gasteiger partial charge is 0.349 e. The molecule has 0 aliphatic heterocycles. The maximum absolute atomic E-state index is 11.2. The second-order valence-electron chi connectivity index (χ2n) is 3.12. The Bertz CT molecular complexity index is 217. The molecule has 4 nitrogen and oxygen atoms in total. The van der Waals surface area contributed by atoms with Gasteiger partial charge in [-0.25, -0.2) is 9.00 Å². The van der Waals surface area contributed by atoms with Crippen LogP contribution in [0.3, 0.4) is 0 Å². The van der Waals surface area contributed by atoms with Gasteiger partial charge in [0.25, 0.3) is 0 Å². The number of methoxy groups -OCH3 is 1. The van der Waals surface area contributed by atoms with Crippen LogP contribution in [0.25, 0.3) is 0 Å². The predicted molar refractivity (Wildman–Crippen MR) is 48.4 cm³/mol. The SMILES string of the molecule is COC(=O)/C=N/[S@@](=O)C(C)(C)C. The standard InChI is InChI=1S/C7H13NO3S/c1-7(2,3)12(10)8-5-6(9)11-4/h5H,1-4H3/b8-5+/t12-/m0/s1. The zero-order valence-electron chi connectivity index (χ0n) is 7.66. The molecule has 0 aliphatic carbocycles. The predicted octanol–water partition coefficient (Wildman–Crippen LogP) is 0.692. The first-order valence-corrected chi connectivity index (χ1v) is 4.52. The minimum Gasteiger partial charge on any atom is -0.465 e. The fourth-order valence-electron chi connectivity index (χ4n) is 0.302. The van der Waals surface area contributed by atoms with Gasteiger partial charge >= 0.3 is 5.97 Å². The molecule has 12 heavy (non-hydrogen) atoms. The summed E-state index contributed by atoms with van der Waals surface area (Å²) in [5, 5.41) is 0. The van der Waals surface area contributed by atoms with Crippen molar-refractivity contribution in [2.45, 2.75) is 25.5 Å². The molecule has 5 heteroatoms. The molecule has 0 fully saturated rings. The van der Waals surface area contributed by atoms with E-state index in [4.69, 9.17) is 0 Å². The van der Waals surface area contributed by atoms with Gasteiger partial charge < -0.3 is 4.74 Å². The molecule has 0 amide bonds. The Morgan fingerprint density at radius 3 is 2.33 bits per heavy atom. The molecule has 1 atom stereocenters. The number of carbonyl (C=O) groups excluding carboxylic acids is 1. The summed E-state index contributed by atoms with van der Waals surface area (Å²) in [6.07, 6.45) is 0.932. The number of ether oxygens (including phenoxy) is 1. The Morgan fingerprint density at radius 1 is 1.50 bits per heavy atom. The number of carbonyl (C=O) groups is 1. The highest BCUT2D eigenvalue weighted by molar-refractivity contribution is 7.85. The molecule has 0 heterocycles. The highest BCUT2D eigenvalue weighted by Crippen LogP contribution is 2.11. The average molecular weight is 191 g/mol. The minimum atomic E-state index is -1.39. The van der Waals surface area contributed by atoms with Crippen LogP contribution in [0.4, 0.5) is 0 Å². The summed E-state index contributed by atoms with van der Waals surface area (Å²) in [5.74, 6) is -0.590. The molecule has 0 aromatic rings. The number of nitrogens with zero attached hydrogens (tertiary/aromatic N) is 1. The van der Waals surface area contributed by atoms with Crippen LogP contribution in [0.5, 0.6) is 0 Å². The monoisotopic (exact) mass is 191 g/mol. The average Bonchev–Trinajstić information content (AvgIpc) is 1.97. The molecule has 0 saturated carbocycles. The van der Waals surface area contributed by atoms with Crippen LogP contribution in [-0.4, -0.2) is 28.2 Å². The first-order valence-electron chi connectivity index (χ1n) is 3.42. The van der Waals surface area contributed by atoms with Crippen molar-refractivity contribution in [3.63, 3.8) is 0 Å². The minimum absolute atomic E-state index is 0.440. The Labute approximate surface area is 74.6 Å². The van der Waals surface area contributed by atoms with Gasteiger partial charge in [0.05, 0.1) is 11.9 Å². The van der Waals surface area contributed by atoms with Crippen LogP contribution >= 0.6 is 0 Å². The lowest BCUT2D eigenvalue weighted by Gasteiger charge is -2.12. The second-order valence-corrected chi connectivity index (χ2v) is 5.05. The summed E-state index contributed by atoms with van der Waals surface area (Å²) >= 11 is 0. The van der Waals surface area contributed by atoms with E-state index in [1.54, 1.807) is 20.8 Å². The topological polar surface area (TPSA) is 55.7 Å². The van der Waals surface area contributed by atoms with E-state index >= 15 is 0 Å². The third kappa shape index (κ3) is 4.23. The quantitative estimate of drug-likeness (QED) is 0.476. The molecule has 70 valence electrons. The van der Waals surface area contributed by atoms with Gasteiger partial charge in [-0.1, -0.05) is 0 Å². The molecule has 0 aromatic carbocycles. The molecule has 0 aliphatic rings. The van der Waals surface area contributed by atoms with E-state index in [9.17, 15) is 9.00 Å². The number of hydrogen-bond acceptors (Lipinski definition) is 3. The van der Waals surface area contributed by atoms with Gasteiger partial charge in [-0.2, -0.15) is 4.40 Å². The third-order valence-corrected chi connectivity index (χ3v) is 2.32. The van der Waals surface area contributed by atoms with Crippen molar-refractivity contribution in [2.24, 2.45) is 4.40 Å². The van der Waals surface area contributed by atoms with E-state index in [1.807, 2.05) is 0 Å². The molecule has 0 unspecified atom stereocenters. The molecule has 0 radical (unpaired) electrons. The number of rotatable bonds is 2. The maximum atomic E-state index is 11.2. The highest BCUT2D eigenvalue weighted by Gasteiger charge is 2.18. The van der Waals surface area contributed by atoms with Gasteiger partial charge in [0.1, 0.15) is 17.2 Å². The summed E-state index contributed by atoms with van der Waals surface area (Å²) in [6.45, 7) is 5.33. The van der Waals surface area contributed by atoms with Crippen LogP contribution in [0, 0.1) is 0 Å². The number of hydrogen-bond donors (Lipinski definition) is 0. The lowest BCUT2D eigenvalue weighted by Crippen LogP contribution is -2.20. The van der Waals surface area contributed by atoms with Crippen molar-refractivity contribution in [2.75, 3.05) is 7.11 Å². The van der Waals surface area contributed by atoms with Gasteiger partial charge in [-0.05, 0) is 20.8 Å². The van der Waals surface area contributed by atoms with Crippen molar-refractivity contribution in [1.82, 2.24) is 0 Å². The van der Waals surface area contributed by atoms with E-state index in [2.05, 4.69) is 9.13 Å². The Hall–Kier alpha value is -0.710. The van der Waals surface area contributed by atoms with Crippen LogP contribution in [0.2, 0.25) is 0 Å². The Morgan fingerprint density at radius 2 is 2.00 bits per heavy atom. The molecule has 0 N–H and O–H groups in total. The van der Waals surface area contributed by atoms with E-state index in [0.717, 1.165) is 6.21 Å². The van der Waals surface area contributed by atoms with Crippen molar-refractivity contribution >= 4 is 23.2 Å². The summed E-state index contributed by atoms with van der Waals surface area (Å²) < 4.78 is 18.6. The van der Waals surface area contributed by atoms with E-state index in [0.29, 0.717) is 0 Å². The first-order chi connectivity index (χ1) is 5.38. The molecular formula is C7H13NO3S. The van der Waals surface area contributed by atoms with Gasteiger partial charge in [-0.3, -0.25) is 0 Å². The van der Waals surface area contributed by atoms with Crippen LogP contribution < -0.4 is 0 Å². The zero-order chi connectivity index (χ0) is 9.78.